The van der Waals surface area contributed by atoms with Gasteiger partial charge in [-0.2, -0.15) is 10.5 Å². The van der Waals surface area contributed by atoms with Crippen molar-refractivity contribution in [3.63, 3.8) is 0 Å². The van der Waals surface area contributed by atoms with Crippen molar-refractivity contribution in [1.29, 1.82) is 10.5 Å². The number of nitrogens with one attached hydrogen (secondary N) is 2. The van der Waals surface area contributed by atoms with E-state index in [1.807, 2.05) is 6.07 Å². The Morgan fingerprint density at radius 1 is 1.20 bits per heavy atom. The number of hydrogen-bond donors (Lipinski definition) is 2. The molecule has 1 aromatic rings. The van der Waals surface area contributed by atoms with Crippen LogP contribution >= 0.6 is 0 Å². The Morgan fingerprint density at radius 3 is 2.52 bits per heavy atom. The average Bonchev–Trinajstić information content (AvgIpc) is 2.61. The molecule has 5 heteroatoms. The summed E-state index contributed by atoms with van der Waals surface area (Å²) in [6.07, 6.45) is 4.22. The number of hydrogen-bond acceptors (Lipinski definition) is 5. The Bertz CT molecular complexity index is 816. The van der Waals surface area contributed by atoms with E-state index in [2.05, 4.69) is 60.7 Å². The molecule has 2 atom stereocenters. The van der Waals surface area contributed by atoms with Crippen molar-refractivity contribution in [2.45, 2.75) is 52.0 Å². The molecular weight excluding hydrogens is 310 g/mol. The minimum absolute atomic E-state index is 0.152. The maximum absolute atomic E-state index is 9.45. The second-order valence-electron chi connectivity index (χ2n) is 7.04. The van der Waals surface area contributed by atoms with Crippen molar-refractivity contribution >= 4 is 11.5 Å². The third kappa shape index (κ3) is 2.87. The molecular formula is C20H23N5. The first kappa shape index (κ1) is 17.0. The second-order valence-corrected chi connectivity index (χ2v) is 7.04. The van der Waals surface area contributed by atoms with E-state index in [1.54, 1.807) is 0 Å². The van der Waals surface area contributed by atoms with E-state index < -0.39 is 5.54 Å². The minimum atomic E-state index is -0.418. The van der Waals surface area contributed by atoms with Crippen LogP contribution in [0.4, 0.5) is 5.69 Å². The summed E-state index contributed by atoms with van der Waals surface area (Å²) >= 11 is 0. The number of amidine groups is 1. The maximum Gasteiger partial charge on any atom is 0.176 e. The molecule has 1 saturated carbocycles. The fraction of sp³-hybridized carbons (Fsp3) is 0.450. The second kappa shape index (κ2) is 6.61. The first-order valence-corrected chi connectivity index (χ1v) is 8.77. The standard InChI is InChI=1S/C20H23N5/c1-13-7-6-8-14(2)18(13)24-19-20(10-5-4-9-15(20)3)25-17(12-22)16(11-21)23-19/h6-8,15,25H,4-5,9-10H2,1-3H3,(H,23,24). The SMILES string of the molecule is Cc1cccc(C)c1NC1=NC(C#N)=C(C#N)NC12CCCCC2C. The smallest absolute Gasteiger partial charge is 0.176 e. The summed E-state index contributed by atoms with van der Waals surface area (Å²) in [7, 11) is 0. The van der Waals surface area contributed by atoms with Crippen LogP contribution in [0.1, 0.15) is 43.7 Å². The van der Waals surface area contributed by atoms with Crippen LogP contribution in [0, 0.1) is 42.4 Å². The predicted octanol–water partition coefficient (Wildman–Crippen LogP) is 3.92. The molecule has 1 aliphatic carbocycles. The highest BCUT2D eigenvalue weighted by molar-refractivity contribution is 6.05. The fourth-order valence-corrected chi connectivity index (χ4v) is 3.92. The highest BCUT2D eigenvalue weighted by Gasteiger charge is 2.46. The van der Waals surface area contributed by atoms with Gasteiger partial charge in [0.05, 0.1) is 5.54 Å². The average molecular weight is 333 g/mol. The number of allylic oxidation sites excluding steroid dienone is 2. The molecule has 1 aliphatic heterocycles. The first-order chi connectivity index (χ1) is 12.0. The van der Waals surface area contributed by atoms with E-state index in [-0.39, 0.29) is 11.4 Å². The van der Waals surface area contributed by atoms with Gasteiger partial charge in [0.15, 0.2) is 11.4 Å². The van der Waals surface area contributed by atoms with E-state index in [1.165, 1.54) is 6.42 Å². The van der Waals surface area contributed by atoms with Crippen LogP contribution in [0.2, 0.25) is 0 Å². The van der Waals surface area contributed by atoms with Crippen LogP contribution in [0.15, 0.2) is 34.6 Å². The third-order valence-corrected chi connectivity index (χ3v) is 5.47. The first-order valence-electron chi connectivity index (χ1n) is 8.77. The van der Waals surface area contributed by atoms with Gasteiger partial charge in [-0.05, 0) is 43.7 Å². The molecule has 0 radical (unpaired) electrons. The van der Waals surface area contributed by atoms with Gasteiger partial charge in [-0.15, -0.1) is 0 Å². The zero-order valence-electron chi connectivity index (χ0n) is 15.0. The van der Waals surface area contributed by atoms with Gasteiger partial charge in [0.2, 0.25) is 0 Å². The van der Waals surface area contributed by atoms with Crippen LogP contribution < -0.4 is 10.6 Å². The lowest BCUT2D eigenvalue weighted by Crippen LogP contribution is -2.61. The number of para-hydroxylation sites is 1. The lowest BCUT2D eigenvalue weighted by atomic mass is 9.71. The zero-order chi connectivity index (χ0) is 18.0. The van der Waals surface area contributed by atoms with Crippen LogP contribution in [0.5, 0.6) is 0 Å². The molecule has 1 spiro atoms. The topological polar surface area (TPSA) is 84.0 Å². The van der Waals surface area contributed by atoms with Crippen molar-refractivity contribution in [2.75, 3.05) is 5.32 Å². The molecule has 128 valence electrons. The summed E-state index contributed by atoms with van der Waals surface area (Å²) in [4.78, 5) is 4.60. The fourth-order valence-electron chi connectivity index (χ4n) is 3.92. The molecule has 25 heavy (non-hydrogen) atoms. The molecule has 5 nitrogen and oxygen atoms in total. The number of anilines is 1. The summed E-state index contributed by atoms with van der Waals surface area (Å²) in [6.45, 7) is 6.32. The zero-order valence-corrected chi connectivity index (χ0v) is 15.0. The largest absolute Gasteiger partial charge is 0.361 e. The Morgan fingerprint density at radius 2 is 1.92 bits per heavy atom. The van der Waals surface area contributed by atoms with E-state index >= 15 is 0 Å². The molecule has 3 rings (SSSR count). The molecule has 1 aromatic carbocycles. The Balaban J connectivity index is 2.11. The summed E-state index contributed by atoms with van der Waals surface area (Å²) in [5.41, 5.74) is 3.31. The Hall–Kier alpha value is -2.79. The quantitative estimate of drug-likeness (QED) is 0.815. The summed E-state index contributed by atoms with van der Waals surface area (Å²) in [5, 5.41) is 25.7. The van der Waals surface area contributed by atoms with Gasteiger partial charge >= 0.3 is 0 Å². The van der Waals surface area contributed by atoms with Crippen LogP contribution in [-0.4, -0.2) is 11.4 Å². The van der Waals surface area contributed by atoms with Crippen LogP contribution in [0.3, 0.4) is 0 Å². The maximum atomic E-state index is 9.45. The van der Waals surface area contributed by atoms with Gasteiger partial charge < -0.3 is 10.6 Å². The van der Waals surface area contributed by atoms with E-state index in [0.29, 0.717) is 5.92 Å². The van der Waals surface area contributed by atoms with Gasteiger partial charge in [-0.1, -0.05) is 38.0 Å². The van der Waals surface area contributed by atoms with Crippen molar-refractivity contribution in [3.05, 3.63) is 40.7 Å². The number of benzene rings is 1. The Kier molecular flexibility index (Phi) is 4.51. The normalized spacial score (nSPS) is 25.6. The number of nitrogens with zero attached hydrogens (tertiary/aromatic N) is 3. The van der Waals surface area contributed by atoms with Gasteiger partial charge in [0.1, 0.15) is 18.0 Å². The molecule has 1 fully saturated rings. The van der Waals surface area contributed by atoms with Crippen molar-refractivity contribution in [3.8, 4) is 12.1 Å². The van der Waals surface area contributed by atoms with E-state index in [9.17, 15) is 10.5 Å². The number of aryl methyl sites for hydroxylation is 2. The molecule has 0 amide bonds. The van der Waals surface area contributed by atoms with Crippen molar-refractivity contribution in [2.24, 2.45) is 10.9 Å². The highest BCUT2D eigenvalue weighted by atomic mass is 15.2. The lowest BCUT2D eigenvalue weighted by molar-refractivity contribution is 0.238. The van der Waals surface area contributed by atoms with Gasteiger partial charge in [-0.3, -0.25) is 0 Å². The van der Waals surface area contributed by atoms with Gasteiger partial charge in [-0.25, -0.2) is 4.99 Å². The van der Waals surface area contributed by atoms with Gasteiger partial charge in [0.25, 0.3) is 0 Å². The molecule has 0 aromatic heterocycles. The monoisotopic (exact) mass is 333 g/mol. The number of nitriles is 2. The van der Waals surface area contributed by atoms with Crippen LogP contribution in [-0.2, 0) is 0 Å². The Labute approximate surface area is 149 Å². The van der Waals surface area contributed by atoms with E-state index in [0.717, 1.165) is 41.9 Å². The lowest BCUT2D eigenvalue weighted by Gasteiger charge is -2.46. The number of rotatable bonds is 1. The molecule has 2 aliphatic rings. The minimum Gasteiger partial charge on any atom is -0.361 e. The van der Waals surface area contributed by atoms with Gasteiger partial charge in [0, 0.05) is 5.69 Å². The van der Waals surface area contributed by atoms with E-state index in [4.69, 9.17) is 0 Å². The predicted molar refractivity (Wildman–Crippen MR) is 98.7 cm³/mol. The molecule has 0 saturated heterocycles. The molecule has 1 heterocycles. The third-order valence-electron chi connectivity index (χ3n) is 5.47. The number of aliphatic imine (C=N–C) groups is 1. The molecule has 2 unspecified atom stereocenters. The van der Waals surface area contributed by atoms with Crippen LogP contribution in [0.25, 0.3) is 0 Å². The summed E-state index contributed by atoms with van der Waals surface area (Å²) < 4.78 is 0. The molecule has 0 bridgehead atoms. The highest BCUT2D eigenvalue weighted by Crippen LogP contribution is 2.39. The molecule has 2 N–H and O–H groups in total. The van der Waals surface area contributed by atoms with Crippen molar-refractivity contribution in [1.82, 2.24) is 5.32 Å². The van der Waals surface area contributed by atoms with Crippen molar-refractivity contribution < 1.29 is 0 Å². The summed E-state index contributed by atoms with van der Waals surface area (Å²) in [6, 6.07) is 10.3. The summed E-state index contributed by atoms with van der Waals surface area (Å²) in [5.74, 6) is 1.08.